The molecule has 1 aliphatic rings. The van der Waals surface area contributed by atoms with E-state index in [1.807, 2.05) is 6.92 Å². The lowest BCUT2D eigenvalue weighted by molar-refractivity contribution is 0.0940. The number of hydrogen-bond acceptors (Lipinski definition) is 4. The fraction of sp³-hybridized carbons (Fsp3) is 0.583. The summed E-state index contributed by atoms with van der Waals surface area (Å²) >= 11 is 0. The molecule has 0 aromatic carbocycles. The summed E-state index contributed by atoms with van der Waals surface area (Å²) in [6.45, 7) is 7.05. The smallest absolute Gasteiger partial charge is 0.272 e. The molecule has 0 saturated heterocycles. The SMILES string of the molecule is CCNc1ccc(C(=O)NC2CC2(C)C)nn1. The van der Waals surface area contributed by atoms with Crippen molar-refractivity contribution in [2.24, 2.45) is 5.41 Å². The quantitative estimate of drug-likeness (QED) is 0.827. The molecular formula is C12H18N4O. The highest BCUT2D eigenvalue weighted by molar-refractivity contribution is 5.92. The van der Waals surface area contributed by atoms with Crippen molar-refractivity contribution in [2.45, 2.75) is 33.2 Å². The van der Waals surface area contributed by atoms with E-state index in [4.69, 9.17) is 0 Å². The van der Waals surface area contributed by atoms with E-state index in [0.717, 1.165) is 13.0 Å². The summed E-state index contributed by atoms with van der Waals surface area (Å²) in [7, 11) is 0. The maximum atomic E-state index is 11.8. The summed E-state index contributed by atoms with van der Waals surface area (Å²) in [6, 6.07) is 3.73. The zero-order valence-corrected chi connectivity index (χ0v) is 10.4. The molecule has 2 rings (SSSR count). The summed E-state index contributed by atoms with van der Waals surface area (Å²) in [6.07, 6.45) is 1.03. The Labute approximate surface area is 101 Å². The third kappa shape index (κ3) is 2.72. The number of rotatable bonds is 4. The second-order valence-corrected chi connectivity index (χ2v) is 5.05. The third-order valence-electron chi connectivity index (χ3n) is 3.07. The Bertz CT molecular complexity index is 413. The molecule has 2 N–H and O–H groups in total. The molecule has 0 bridgehead atoms. The molecule has 1 heterocycles. The summed E-state index contributed by atoms with van der Waals surface area (Å²) in [5.41, 5.74) is 0.599. The van der Waals surface area contributed by atoms with Crippen molar-refractivity contribution in [3.05, 3.63) is 17.8 Å². The van der Waals surface area contributed by atoms with Crippen LogP contribution in [0.1, 0.15) is 37.7 Å². The summed E-state index contributed by atoms with van der Waals surface area (Å²) in [5.74, 6) is 0.548. The third-order valence-corrected chi connectivity index (χ3v) is 3.07. The molecule has 5 nitrogen and oxygen atoms in total. The van der Waals surface area contributed by atoms with E-state index in [2.05, 4.69) is 34.7 Å². The number of aromatic nitrogens is 2. The molecule has 1 unspecified atom stereocenters. The van der Waals surface area contributed by atoms with E-state index < -0.39 is 0 Å². The van der Waals surface area contributed by atoms with Crippen LogP contribution in [-0.4, -0.2) is 28.7 Å². The molecule has 0 aliphatic heterocycles. The number of carbonyl (C=O) groups excluding carboxylic acids is 1. The fourth-order valence-electron chi connectivity index (χ4n) is 1.67. The molecule has 1 atom stereocenters. The van der Waals surface area contributed by atoms with Gasteiger partial charge in [-0.25, -0.2) is 0 Å². The number of carbonyl (C=O) groups is 1. The summed E-state index contributed by atoms with van der Waals surface area (Å²) in [5, 5.41) is 13.8. The lowest BCUT2D eigenvalue weighted by atomic mass is 10.2. The first kappa shape index (κ1) is 11.8. The highest BCUT2D eigenvalue weighted by Crippen LogP contribution is 2.44. The topological polar surface area (TPSA) is 66.9 Å². The van der Waals surface area contributed by atoms with Gasteiger partial charge in [-0.3, -0.25) is 4.79 Å². The standard InChI is InChI=1S/C12H18N4O/c1-4-13-10-6-5-8(15-16-10)11(17)14-9-7-12(9,2)3/h5-6,9H,4,7H2,1-3H3,(H,13,16)(H,14,17). The van der Waals surface area contributed by atoms with Crippen LogP contribution in [0.15, 0.2) is 12.1 Å². The molecule has 92 valence electrons. The van der Waals surface area contributed by atoms with Gasteiger partial charge in [-0.1, -0.05) is 13.8 Å². The highest BCUT2D eigenvalue weighted by Gasteiger charge is 2.46. The van der Waals surface area contributed by atoms with Crippen LogP contribution in [0.4, 0.5) is 5.82 Å². The lowest BCUT2D eigenvalue weighted by Gasteiger charge is -2.06. The fourth-order valence-corrected chi connectivity index (χ4v) is 1.67. The zero-order chi connectivity index (χ0) is 12.5. The predicted molar refractivity (Wildman–Crippen MR) is 65.8 cm³/mol. The van der Waals surface area contributed by atoms with Crippen molar-refractivity contribution < 1.29 is 4.79 Å². The van der Waals surface area contributed by atoms with Crippen molar-refractivity contribution in [3.63, 3.8) is 0 Å². The Balaban J connectivity index is 1.95. The van der Waals surface area contributed by atoms with Crippen LogP contribution in [0.25, 0.3) is 0 Å². The van der Waals surface area contributed by atoms with Crippen molar-refractivity contribution in [1.29, 1.82) is 0 Å². The van der Waals surface area contributed by atoms with Crippen LogP contribution in [0.5, 0.6) is 0 Å². The van der Waals surface area contributed by atoms with Gasteiger partial charge in [0.05, 0.1) is 0 Å². The molecule has 1 aromatic rings. The molecule has 5 heteroatoms. The van der Waals surface area contributed by atoms with Crippen molar-refractivity contribution in [3.8, 4) is 0 Å². The highest BCUT2D eigenvalue weighted by atomic mass is 16.2. The van der Waals surface area contributed by atoms with Crippen molar-refractivity contribution in [1.82, 2.24) is 15.5 Å². The minimum atomic E-state index is -0.142. The maximum Gasteiger partial charge on any atom is 0.272 e. The molecule has 0 spiro atoms. The van der Waals surface area contributed by atoms with E-state index in [0.29, 0.717) is 11.5 Å². The second-order valence-electron chi connectivity index (χ2n) is 5.05. The summed E-state index contributed by atoms with van der Waals surface area (Å²) in [4.78, 5) is 11.8. The largest absolute Gasteiger partial charge is 0.369 e. The van der Waals surface area contributed by atoms with Crippen LogP contribution < -0.4 is 10.6 Å². The number of nitrogens with one attached hydrogen (secondary N) is 2. The van der Waals surface area contributed by atoms with Gasteiger partial charge in [0.1, 0.15) is 5.82 Å². The molecule has 1 aliphatic carbocycles. The van der Waals surface area contributed by atoms with E-state index in [1.165, 1.54) is 0 Å². The normalized spacial score (nSPS) is 20.8. The van der Waals surface area contributed by atoms with Gasteiger partial charge in [-0.2, -0.15) is 0 Å². The van der Waals surface area contributed by atoms with Crippen LogP contribution in [0, 0.1) is 5.41 Å². The summed E-state index contributed by atoms with van der Waals surface area (Å²) < 4.78 is 0. The molecule has 1 aromatic heterocycles. The first-order valence-corrected chi connectivity index (χ1v) is 5.91. The number of nitrogens with zero attached hydrogens (tertiary/aromatic N) is 2. The average Bonchev–Trinajstić information content (AvgIpc) is 2.87. The molecular weight excluding hydrogens is 216 g/mol. The van der Waals surface area contributed by atoms with Gasteiger partial charge in [0, 0.05) is 12.6 Å². The van der Waals surface area contributed by atoms with Gasteiger partial charge in [0.15, 0.2) is 5.69 Å². The van der Waals surface area contributed by atoms with Gasteiger partial charge in [0.2, 0.25) is 0 Å². The zero-order valence-electron chi connectivity index (χ0n) is 10.4. The van der Waals surface area contributed by atoms with Gasteiger partial charge in [-0.05, 0) is 30.9 Å². The van der Waals surface area contributed by atoms with E-state index in [9.17, 15) is 4.79 Å². The van der Waals surface area contributed by atoms with Crippen LogP contribution in [-0.2, 0) is 0 Å². The van der Waals surface area contributed by atoms with E-state index >= 15 is 0 Å². The molecule has 0 radical (unpaired) electrons. The minimum Gasteiger partial charge on any atom is -0.369 e. The first-order valence-electron chi connectivity index (χ1n) is 5.91. The first-order chi connectivity index (χ1) is 8.03. The van der Waals surface area contributed by atoms with Gasteiger partial charge >= 0.3 is 0 Å². The number of amides is 1. The minimum absolute atomic E-state index is 0.142. The monoisotopic (exact) mass is 234 g/mol. The molecule has 1 amide bonds. The Morgan fingerprint density at radius 3 is 2.65 bits per heavy atom. The average molecular weight is 234 g/mol. The van der Waals surface area contributed by atoms with E-state index in [-0.39, 0.29) is 17.4 Å². The Morgan fingerprint density at radius 2 is 2.18 bits per heavy atom. The Morgan fingerprint density at radius 1 is 1.47 bits per heavy atom. The van der Waals surface area contributed by atoms with Crippen LogP contribution in [0.3, 0.4) is 0 Å². The lowest BCUT2D eigenvalue weighted by Crippen LogP contribution is -2.29. The molecule has 1 saturated carbocycles. The second kappa shape index (κ2) is 4.31. The van der Waals surface area contributed by atoms with Gasteiger partial charge < -0.3 is 10.6 Å². The number of hydrogen-bond donors (Lipinski definition) is 2. The Hall–Kier alpha value is -1.65. The van der Waals surface area contributed by atoms with Crippen molar-refractivity contribution >= 4 is 11.7 Å². The van der Waals surface area contributed by atoms with E-state index in [1.54, 1.807) is 12.1 Å². The van der Waals surface area contributed by atoms with Crippen molar-refractivity contribution in [2.75, 3.05) is 11.9 Å². The maximum absolute atomic E-state index is 11.8. The Kier molecular flexibility index (Phi) is 3.00. The molecule has 1 fully saturated rings. The molecule has 17 heavy (non-hydrogen) atoms. The van der Waals surface area contributed by atoms with Crippen LogP contribution >= 0.6 is 0 Å². The van der Waals surface area contributed by atoms with Gasteiger partial charge in [-0.15, -0.1) is 10.2 Å². The number of anilines is 1. The van der Waals surface area contributed by atoms with Crippen LogP contribution in [0.2, 0.25) is 0 Å². The predicted octanol–water partition coefficient (Wildman–Crippen LogP) is 1.44. The van der Waals surface area contributed by atoms with Gasteiger partial charge in [0.25, 0.3) is 5.91 Å².